The Balaban J connectivity index is 1.45. The second-order valence-corrected chi connectivity index (χ2v) is 7.65. The number of nitrogens with zero attached hydrogens (tertiary/aromatic N) is 3. The first kappa shape index (κ1) is 17.7. The molecule has 1 fully saturated rings. The number of carbonyl (C=O) groups excluding carboxylic acids is 1. The Morgan fingerprint density at radius 1 is 1.03 bits per heavy atom. The molecule has 1 N–H and O–H groups in total. The minimum Gasteiger partial charge on any atom is -0.349 e. The summed E-state index contributed by atoms with van der Waals surface area (Å²) in [5, 5.41) is 3.11. The van der Waals surface area contributed by atoms with E-state index in [4.69, 9.17) is 0 Å². The van der Waals surface area contributed by atoms with Gasteiger partial charge in [0.2, 0.25) is 0 Å². The zero-order chi connectivity index (χ0) is 19.8. The van der Waals surface area contributed by atoms with E-state index < -0.39 is 0 Å². The van der Waals surface area contributed by atoms with Crippen molar-refractivity contribution in [3.05, 3.63) is 82.4 Å². The average Bonchev–Trinajstić information content (AvgIpc) is 3.44. The van der Waals surface area contributed by atoms with E-state index in [-0.39, 0.29) is 11.5 Å². The maximum absolute atomic E-state index is 13.0. The largest absolute Gasteiger partial charge is 0.349 e. The lowest BCUT2D eigenvalue weighted by Crippen LogP contribution is -2.32. The minimum atomic E-state index is -0.0794. The van der Waals surface area contributed by atoms with E-state index in [1.54, 1.807) is 10.8 Å². The number of nitrogens with one attached hydrogen (secondary N) is 1. The molecule has 29 heavy (non-hydrogen) atoms. The van der Waals surface area contributed by atoms with Gasteiger partial charge in [-0.05, 0) is 54.8 Å². The SMILES string of the molecule is O=C(NC1CCCC1)c1ccc(Cn2c(=O)c3cccn3c3cccnc32)cc1. The van der Waals surface area contributed by atoms with Gasteiger partial charge in [0.05, 0.1) is 12.1 Å². The van der Waals surface area contributed by atoms with E-state index in [1.165, 1.54) is 12.8 Å². The fourth-order valence-electron chi connectivity index (χ4n) is 4.21. The molecule has 0 spiro atoms. The van der Waals surface area contributed by atoms with E-state index in [2.05, 4.69) is 10.3 Å². The summed E-state index contributed by atoms with van der Waals surface area (Å²) in [4.78, 5) is 29.9. The molecule has 0 aliphatic heterocycles. The van der Waals surface area contributed by atoms with Gasteiger partial charge >= 0.3 is 0 Å². The summed E-state index contributed by atoms with van der Waals surface area (Å²) < 4.78 is 3.57. The summed E-state index contributed by atoms with van der Waals surface area (Å²) >= 11 is 0. The molecule has 1 amide bonds. The van der Waals surface area contributed by atoms with E-state index in [0.717, 1.165) is 23.9 Å². The van der Waals surface area contributed by atoms with Crippen LogP contribution < -0.4 is 10.9 Å². The van der Waals surface area contributed by atoms with Crippen LogP contribution in [0.5, 0.6) is 0 Å². The Morgan fingerprint density at radius 3 is 2.59 bits per heavy atom. The van der Waals surface area contributed by atoms with Gasteiger partial charge < -0.3 is 9.72 Å². The Bertz CT molecular complexity index is 1250. The second-order valence-electron chi connectivity index (χ2n) is 7.65. The van der Waals surface area contributed by atoms with E-state index in [0.29, 0.717) is 29.3 Å². The van der Waals surface area contributed by atoms with Crippen LogP contribution in [0.2, 0.25) is 0 Å². The van der Waals surface area contributed by atoms with Crippen LogP contribution in [0.25, 0.3) is 16.7 Å². The van der Waals surface area contributed by atoms with E-state index >= 15 is 0 Å². The molecule has 1 aliphatic rings. The topological polar surface area (TPSA) is 68.4 Å². The number of pyridine rings is 1. The molecule has 6 heteroatoms. The van der Waals surface area contributed by atoms with Crippen LogP contribution in [-0.2, 0) is 6.54 Å². The summed E-state index contributed by atoms with van der Waals surface area (Å²) in [6, 6.07) is 15.3. The van der Waals surface area contributed by atoms with Gasteiger partial charge in [0.15, 0.2) is 5.65 Å². The van der Waals surface area contributed by atoms with Crippen LogP contribution in [0.3, 0.4) is 0 Å². The lowest BCUT2D eigenvalue weighted by atomic mass is 10.1. The number of benzene rings is 1. The maximum atomic E-state index is 13.0. The first-order chi connectivity index (χ1) is 14.2. The summed E-state index contributed by atoms with van der Waals surface area (Å²) in [5.41, 5.74) is 3.68. The molecule has 5 rings (SSSR count). The second kappa shape index (κ2) is 7.20. The van der Waals surface area contributed by atoms with Gasteiger partial charge in [-0.15, -0.1) is 0 Å². The Kier molecular flexibility index (Phi) is 4.39. The van der Waals surface area contributed by atoms with Crippen molar-refractivity contribution >= 4 is 22.6 Å². The fraction of sp³-hybridized carbons (Fsp3) is 0.261. The fourth-order valence-corrected chi connectivity index (χ4v) is 4.21. The molecule has 0 unspecified atom stereocenters. The zero-order valence-electron chi connectivity index (χ0n) is 16.0. The standard InChI is InChI=1S/C23H22N4O2/c28-22(25-18-5-1-2-6-18)17-11-9-16(10-12-17)15-27-21-19(7-3-13-24-21)26-14-4-8-20(26)23(27)29/h3-4,7-14,18H,1-2,5-6,15H2,(H,25,28). The third-order valence-corrected chi connectivity index (χ3v) is 5.74. The molecule has 1 aliphatic carbocycles. The predicted molar refractivity (Wildman–Crippen MR) is 112 cm³/mol. The van der Waals surface area contributed by atoms with Gasteiger partial charge in [-0.1, -0.05) is 25.0 Å². The predicted octanol–water partition coefficient (Wildman–Crippen LogP) is 3.37. The van der Waals surface area contributed by atoms with Crippen LogP contribution >= 0.6 is 0 Å². The van der Waals surface area contributed by atoms with Crippen molar-refractivity contribution in [1.29, 1.82) is 0 Å². The van der Waals surface area contributed by atoms with E-state index in [1.807, 2.05) is 59.1 Å². The summed E-state index contributed by atoms with van der Waals surface area (Å²) in [6.07, 6.45) is 8.08. The van der Waals surface area contributed by atoms with Crippen LogP contribution in [-0.4, -0.2) is 25.9 Å². The van der Waals surface area contributed by atoms with Gasteiger partial charge in [0.1, 0.15) is 5.52 Å². The highest BCUT2D eigenvalue weighted by atomic mass is 16.1. The van der Waals surface area contributed by atoms with Gasteiger partial charge in [-0.2, -0.15) is 0 Å². The van der Waals surface area contributed by atoms with Gasteiger partial charge in [-0.3, -0.25) is 14.2 Å². The number of hydrogen-bond donors (Lipinski definition) is 1. The summed E-state index contributed by atoms with van der Waals surface area (Å²) in [6.45, 7) is 0.401. The molecule has 0 atom stereocenters. The smallest absolute Gasteiger partial charge is 0.276 e. The van der Waals surface area contributed by atoms with Crippen molar-refractivity contribution in [2.24, 2.45) is 0 Å². The van der Waals surface area contributed by atoms with Gasteiger partial charge in [-0.25, -0.2) is 4.98 Å². The maximum Gasteiger partial charge on any atom is 0.276 e. The number of aromatic nitrogens is 3. The van der Waals surface area contributed by atoms with Crippen LogP contribution in [0, 0.1) is 0 Å². The summed E-state index contributed by atoms with van der Waals surface area (Å²) in [7, 11) is 0. The lowest BCUT2D eigenvalue weighted by molar-refractivity contribution is 0.0938. The van der Waals surface area contributed by atoms with Crippen molar-refractivity contribution in [1.82, 2.24) is 19.3 Å². The van der Waals surface area contributed by atoms with Crippen molar-refractivity contribution in [3.63, 3.8) is 0 Å². The van der Waals surface area contributed by atoms with Crippen LogP contribution in [0.1, 0.15) is 41.6 Å². The zero-order valence-corrected chi connectivity index (χ0v) is 16.0. The number of hydrogen-bond acceptors (Lipinski definition) is 3. The highest BCUT2D eigenvalue weighted by Crippen LogP contribution is 2.19. The molecule has 3 aromatic heterocycles. The van der Waals surface area contributed by atoms with Crippen molar-refractivity contribution in [2.45, 2.75) is 38.3 Å². The number of carbonyl (C=O) groups is 1. The molecule has 0 bridgehead atoms. The Morgan fingerprint density at radius 2 is 1.79 bits per heavy atom. The van der Waals surface area contributed by atoms with Crippen molar-refractivity contribution < 1.29 is 4.79 Å². The molecule has 146 valence electrons. The van der Waals surface area contributed by atoms with E-state index in [9.17, 15) is 9.59 Å². The number of fused-ring (bicyclic) bond motifs is 3. The molecule has 1 aromatic carbocycles. The lowest BCUT2D eigenvalue weighted by Gasteiger charge is -2.13. The Hall–Kier alpha value is -3.41. The molecular weight excluding hydrogens is 364 g/mol. The Labute approximate surface area is 167 Å². The quantitative estimate of drug-likeness (QED) is 0.585. The van der Waals surface area contributed by atoms with Crippen molar-refractivity contribution in [2.75, 3.05) is 0 Å². The first-order valence-electron chi connectivity index (χ1n) is 10.0. The number of rotatable bonds is 4. The molecule has 6 nitrogen and oxygen atoms in total. The normalized spacial score (nSPS) is 14.6. The van der Waals surface area contributed by atoms with Gasteiger partial charge in [0.25, 0.3) is 11.5 Å². The van der Waals surface area contributed by atoms with Crippen LogP contribution in [0.4, 0.5) is 0 Å². The molecule has 1 saturated carbocycles. The molecule has 0 radical (unpaired) electrons. The first-order valence-corrected chi connectivity index (χ1v) is 10.0. The average molecular weight is 386 g/mol. The molecule has 0 saturated heterocycles. The molecule has 4 aromatic rings. The summed E-state index contributed by atoms with van der Waals surface area (Å²) in [5.74, 6) is -0.0256. The number of amides is 1. The third-order valence-electron chi connectivity index (χ3n) is 5.74. The monoisotopic (exact) mass is 386 g/mol. The highest BCUT2D eigenvalue weighted by molar-refractivity contribution is 5.94. The third kappa shape index (κ3) is 3.20. The van der Waals surface area contributed by atoms with Crippen LogP contribution in [0.15, 0.2) is 65.7 Å². The highest BCUT2D eigenvalue weighted by Gasteiger charge is 2.18. The van der Waals surface area contributed by atoms with Gasteiger partial charge in [0, 0.05) is 24.0 Å². The molecular formula is C23H22N4O2. The minimum absolute atomic E-state index is 0.0256. The van der Waals surface area contributed by atoms with Crippen molar-refractivity contribution in [3.8, 4) is 0 Å². The molecule has 3 heterocycles.